The summed E-state index contributed by atoms with van der Waals surface area (Å²) in [6, 6.07) is 23.4. The van der Waals surface area contributed by atoms with Gasteiger partial charge >= 0.3 is 0 Å². The molecule has 0 spiro atoms. The van der Waals surface area contributed by atoms with Crippen LogP contribution in [0.15, 0.2) is 86.0 Å². The molecule has 0 unspecified atom stereocenters. The molecule has 0 nitrogen and oxygen atoms in total. The van der Waals surface area contributed by atoms with Gasteiger partial charge < -0.3 is 0 Å². The smallest absolute Gasteiger partial charge is 0.211 e. The highest BCUT2D eigenvalue weighted by Crippen LogP contribution is 2.32. The Morgan fingerprint density at radius 3 is 1.74 bits per heavy atom. The molecule has 0 fully saturated rings. The molecule has 0 aliphatic rings. The highest BCUT2D eigenvalue weighted by Gasteiger charge is 2.10. The summed E-state index contributed by atoms with van der Waals surface area (Å²) in [7, 11) is 0. The quantitative estimate of drug-likeness (QED) is 0.328. The minimum atomic E-state index is -2.17. The van der Waals surface area contributed by atoms with Gasteiger partial charge in [0.15, 0.2) is 0 Å². The molecular weight excluding hydrogens is 434 g/mol. The molecule has 0 aliphatic carbocycles. The predicted molar refractivity (Wildman–Crippen MR) is 154 cm³/mol. The monoisotopic (exact) mass is 476 g/mol. The van der Waals surface area contributed by atoms with E-state index in [9.17, 15) is 8.78 Å². The van der Waals surface area contributed by atoms with Gasteiger partial charge in [-0.05, 0) is 74.9 Å². The Kier molecular flexibility index (Phi) is 15.6. The van der Waals surface area contributed by atoms with Crippen LogP contribution >= 0.6 is 0 Å². The van der Waals surface area contributed by atoms with Crippen molar-refractivity contribution >= 4 is 17.2 Å². The Hall–Kier alpha value is -3.26. The lowest BCUT2D eigenvalue weighted by Gasteiger charge is -2.14. The van der Waals surface area contributed by atoms with E-state index >= 15 is 0 Å². The van der Waals surface area contributed by atoms with Gasteiger partial charge in [0.2, 0.25) is 6.43 Å². The third-order valence-electron chi connectivity index (χ3n) is 4.96. The number of aryl methyl sites for hydroxylation is 4. The van der Waals surface area contributed by atoms with Gasteiger partial charge in [-0.15, -0.1) is 0 Å². The first-order valence-corrected chi connectivity index (χ1v) is 12.1. The summed E-state index contributed by atoms with van der Waals surface area (Å²) in [4.78, 5) is 0. The van der Waals surface area contributed by atoms with Crippen molar-refractivity contribution in [2.24, 2.45) is 0 Å². The molecule has 0 saturated heterocycles. The number of alkyl halides is 2. The molecule has 0 saturated carbocycles. The number of allylic oxidation sites excluding steroid dienone is 3. The summed E-state index contributed by atoms with van der Waals surface area (Å²) in [6.07, 6.45) is 1.84. The summed E-state index contributed by atoms with van der Waals surface area (Å²) < 4.78 is 20.7. The Morgan fingerprint density at radius 2 is 1.31 bits per heavy atom. The SMILES string of the molecule is C=C(/C(=C/C)c1ccc(C)cc1C)c1ccc(C)cc1.C=Cc1cccc(C)c1.CC.CC(F)F. The third kappa shape index (κ3) is 12.1. The highest BCUT2D eigenvalue weighted by atomic mass is 19.3. The maximum absolute atomic E-state index is 10.3. The Balaban J connectivity index is 0.000000637. The fraction of sp³-hybridized carbons (Fsp3) is 0.273. The number of hydrogen-bond donors (Lipinski definition) is 0. The fourth-order valence-corrected chi connectivity index (χ4v) is 3.32. The minimum absolute atomic E-state index is 0.833. The van der Waals surface area contributed by atoms with Crippen LogP contribution in [0.25, 0.3) is 17.2 Å². The maximum atomic E-state index is 10.3. The molecule has 0 N–H and O–H groups in total. The van der Waals surface area contributed by atoms with Gasteiger partial charge in [0.05, 0.1) is 0 Å². The first kappa shape index (κ1) is 31.7. The van der Waals surface area contributed by atoms with E-state index in [0.29, 0.717) is 0 Å². The summed E-state index contributed by atoms with van der Waals surface area (Å²) in [5.41, 5.74) is 11.1. The molecular formula is C33H42F2. The summed E-state index contributed by atoms with van der Waals surface area (Å²) in [5, 5.41) is 0. The molecule has 0 radical (unpaired) electrons. The first-order valence-electron chi connectivity index (χ1n) is 12.1. The molecule has 35 heavy (non-hydrogen) atoms. The van der Waals surface area contributed by atoms with Crippen molar-refractivity contribution in [3.8, 4) is 0 Å². The lowest BCUT2D eigenvalue weighted by Crippen LogP contribution is -1.93. The van der Waals surface area contributed by atoms with Crippen LogP contribution < -0.4 is 0 Å². The zero-order valence-corrected chi connectivity index (χ0v) is 22.8. The molecule has 3 aromatic carbocycles. The molecule has 0 aliphatic heterocycles. The molecule has 0 atom stereocenters. The van der Waals surface area contributed by atoms with Crippen molar-refractivity contribution in [3.05, 3.63) is 125 Å². The summed E-state index contributed by atoms with van der Waals surface area (Å²) in [5.74, 6) is 0. The third-order valence-corrected chi connectivity index (χ3v) is 4.96. The average molecular weight is 477 g/mol. The number of rotatable bonds is 4. The van der Waals surface area contributed by atoms with E-state index in [0.717, 1.165) is 12.5 Å². The lowest BCUT2D eigenvalue weighted by molar-refractivity contribution is 0.171. The molecule has 2 heteroatoms. The van der Waals surface area contributed by atoms with E-state index in [-0.39, 0.29) is 0 Å². The van der Waals surface area contributed by atoms with Gasteiger partial charge in [0.1, 0.15) is 0 Å². The van der Waals surface area contributed by atoms with E-state index in [4.69, 9.17) is 0 Å². The van der Waals surface area contributed by atoms with E-state index in [1.165, 1.54) is 44.5 Å². The molecule has 0 bridgehead atoms. The van der Waals surface area contributed by atoms with Crippen LogP contribution in [0.1, 0.15) is 66.6 Å². The number of hydrogen-bond acceptors (Lipinski definition) is 0. The molecule has 0 aromatic heterocycles. The Bertz CT molecular complexity index is 1070. The predicted octanol–water partition coefficient (Wildman–Crippen LogP) is 10.7. The molecule has 0 amide bonds. The van der Waals surface area contributed by atoms with Crippen LogP contribution in [0.2, 0.25) is 0 Å². The van der Waals surface area contributed by atoms with Crippen LogP contribution in [0, 0.1) is 27.7 Å². The second-order valence-electron chi connectivity index (χ2n) is 8.00. The van der Waals surface area contributed by atoms with Crippen LogP contribution in [0.4, 0.5) is 8.78 Å². The summed E-state index contributed by atoms with van der Waals surface area (Å²) >= 11 is 0. The second kappa shape index (κ2) is 17.2. The van der Waals surface area contributed by atoms with Gasteiger partial charge in [-0.1, -0.05) is 123 Å². The Labute approximate surface area is 212 Å². The van der Waals surface area contributed by atoms with Crippen molar-refractivity contribution in [2.45, 2.75) is 61.8 Å². The van der Waals surface area contributed by atoms with Crippen molar-refractivity contribution in [3.63, 3.8) is 0 Å². The molecule has 188 valence electrons. The Morgan fingerprint density at radius 1 is 0.800 bits per heavy atom. The molecule has 0 heterocycles. The van der Waals surface area contributed by atoms with E-state index < -0.39 is 6.43 Å². The van der Waals surface area contributed by atoms with Crippen LogP contribution in [-0.4, -0.2) is 6.43 Å². The van der Waals surface area contributed by atoms with Crippen molar-refractivity contribution in [2.75, 3.05) is 0 Å². The zero-order valence-electron chi connectivity index (χ0n) is 22.8. The lowest BCUT2D eigenvalue weighted by atomic mass is 9.90. The first-order chi connectivity index (χ1) is 16.6. The topological polar surface area (TPSA) is 0 Å². The van der Waals surface area contributed by atoms with Crippen molar-refractivity contribution in [1.82, 2.24) is 0 Å². The van der Waals surface area contributed by atoms with Crippen molar-refractivity contribution in [1.29, 1.82) is 0 Å². The van der Waals surface area contributed by atoms with Gasteiger partial charge in [0, 0.05) is 0 Å². The summed E-state index contributed by atoms with van der Waals surface area (Å²) in [6.45, 7) is 23.3. The van der Waals surface area contributed by atoms with Crippen LogP contribution in [0.3, 0.4) is 0 Å². The van der Waals surface area contributed by atoms with E-state index in [1.54, 1.807) is 0 Å². The molecule has 3 rings (SSSR count). The molecule has 3 aromatic rings. The van der Waals surface area contributed by atoms with Gasteiger partial charge in [-0.2, -0.15) is 0 Å². The van der Waals surface area contributed by atoms with E-state index in [2.05, 4.69) is 108 Å². The minimum Gasteiger partial charge on any atom is -0.211 e. The standard InChI is InChI=1S/C20H22.C9H10.C2H4F2.C2H6/c1-6-19(20-12-9-15(3)13-16(20)4)17(5)18-10-7-14(2)8-11-18;1-3-9-6-4-5-8(2)7-9;1-2(3)4;1-2/h6-13H,5H2,1-4H3;3-7H,1H2,2H3;2H,1H3;1-2H3/b19-6-;;;. The maximum Gasteiger partial charge on any atom is 0.235 e. The number of benzene rings is 3. The van der Waals surface area contributed by atoms with Crippen LogP contribution in [-0.2, 0) is 0 Å². The van der Waals surface area contributed by atoms with Gasteiger partial charge in [-0.3, -0.25) is 0 Å². The normalized spacial score (nSPS) is 10.1. The zero-order chi connectivity index (χ0) is 27.0. The van der Waals surface area contributed by atoms with Gasteiger partial charge in [-0.25, -0.2) is 8.78 Å². The average Bonchev–Trinajstić information content (AvgIpc) is 2.82. The largest absolute Gasteiger partial charge is 0.235 e. The van der Waals surface area contributed by atoms with E-state index in [1.807, 2.05) is 32.1 Å². The number of halogens is 2. The fourth-order valence-electron chi connectivity index (χ4n) is 3.32. The second-order valence-corrected chi connectivity index (χ2v) is 8.00. The van der Waals surface area contributed by atoms with Crippen molar-refractivity contribution < 1.29 is 8.78 Å². The highest BCUT2D eigenvalue weighted by molar-refractivity contribution is 6.04. The van der Waals surface area contributed by atoms with Crippen LogP contribution in [0.5, 0.6) is 0 Å². The van der Waals surface area contributed by atoms with Gasteiger partial charge in [0.25, 0.3) is 0 Å².